The Kier molecular flexibility index (Phi) is 21.5. The van der Waals surface area contributed by atoms with E-state index in [1.165, 1.54) is 17.0 Å². The summed E-state index contributed by atoms with van der Waals surface area (Å²) in [4.78, 5) is 0. The molecule has 0 bridgehead atoms. The smallest absolute Gasteiger partial charge is 0.693 e. The summed E-state index contributed by atoms with van der Waals surface area (Å²) in [6, 6.07) is 10.3. The number of hydrogen-bond donors (Lipinski definition) is 0. The summed E-state index contributed by atoms with van der Waals surface area (Å²) in [5.74, 6) is 7.06. The molecule has 1 heterocycles. The summed E-state index contributed by atoms with van der Waals surface area (Å²) >= 11 is 0. The molecule has 2 nitrogen and oxygen atoms in total. The van der Waals surface area contributed by atoms with Gasteiger partial charge < -0.3 is 46.2 Å². The molecule has 0 aliphatic carbocycles. The number of imidazole rings is 1. The maximum atomic E-state index is 6.60. The van der Waals surface area contributed by atoms with Crippen LogP contribution in [0.15, 0.2) is 30.3 Å². The molecule has 35 heavy (non-hydrogen) atoms. The van der Waals surface area contributed by atoms with Crippen molar-refractivity contribution in [1.29, 1.82) is 0 Å². The summed E-state index contributed by atoms with van der Waals surface area (Å²) in [6.45, 7) is 23.8. The van der Waals surface area contributed by atoms with Crippen LogP contribution in [0, 0.1) is 80.4 Å². The van der Waals surface area contributed by atoms with Gasteiger partial charge in [-0.25, -0.2) is 0 Å². The van der Waals surface area contributed by atoms with Crippen molar-refractivity contribution in [3.05, 3.63) is 72.9 Å². The van der Waals surface area contributed by atoms with Crippen molar-refractivity contribution in [2.75, 3.05) is 0 Å². The molecule has 0 spiro atoms. The third-order valence-electron chi connectivity index (χ3n) is 3.90. The molecule has 0 aliphatic heterocycles. The van der Waals surface area contributed by atoms with Gasteiger partial charge in [-0.15, -0.1) is 0 Å². The van der Waals surface area contributed by atoms with Gasteiger partial charge in [-0.2, -0.15) is 0 Å². The van der Waals surface area contributed by atoms with Crippen LogP contribution in [0.25, 0.3) is 0 Å². The van der Waals surface area contributed by atoms with Gasteiger partial charge in [-0.3, -0.25) is 0 Å². The van der Waals surface area contributed by atoms with E-state index < -0.39 is 0 Å². The van der Waals surface area contributed by atoms with E-state index in [1.807, 2.05) is 104 Å². The largest absolute Gasteiger partial charge is 3.00 e. The van der Waals surface area contributed by atoms with E-state index in [2.05, 4.69) is 57.0 Å². The minimum absolute atomic E-state index is 0. The second-order valence-electron chi connectivity index (χ2n) is 11.2. The van der Waals surface area contributed by atoms with Crippen molar-refractivity contribution in [2.24, 2.45) is 30.3 Å². The number of benzene rings is 1. The maximum Gasteiger partial charge on any atom is 3.00 e. The predicted octanol–water partition coefficient (Wildman–Crippen LogP) is 6.75. The van der Waals surface area contributed by atoms with Crippen LogP contribution in [0.2, 0.25) is 0 Å². The minimum atomic E-state index is -0.0417. The molecule has 2 aromatic rings. The standard InChI is InChI=1S/C7H12N2.C7H8.3C6H9.Al/c1-6-7(2)9(4)5-8(6)3;1-7-5-3-2-4-6-7;3*1-5-6(2,3)4;/h1-4H3;2-6H,1H3;3*2-4H3;/q;;3*-1;+3. The van der Waals surface area contributed by atoms with E-state index in [4.69, 9.17) is 19.3 Å². The van der Waals surface area contributed by atoms with Crippen molar-refractivity contribution in [3.8, 4) is 17.8 Å². The molecular formula is C32H47AlN2. The molecule has 2 rings (SSSR count). The van der Waals surface area contributed by atoms with Gasteiger partial charge in [0.15, 0.2) is 0 Å². The van der Waals surface area contributed by atoms with Crippen LogP contribution in [-0.2, 0) is 14.1 Å². The molecule has 0 radical (unpaired) electrons. The maximum absolute atomic E-state index is 6.60. The van der Waals surface area contributed by atoms with Crippen LogP contribution in [0.1, 0.15) is 79.3 Å². The number of nitrogens with zero attached hydrogens (tertiary/aromatic N) is 2. The SMILES string of the molecule is Cc1c(C)[n+](C)[c-]n1C.Cc1ccccc1.[Al+3].[C-]#CC(C)(C)C.[C-]#CC(C)(C)C.[C-]#CC(C)(C)C. The summed E-state index contributed by atoms with van der Waals surface area (Å²) < 4.78 is 3.99. The number of rotatable bonds is 0. The molecule has 0 atom stereocenters. The summed E-state index contributed by atoms with van der Waals surface area (Å²) in [7, 11) is 4.00. The Balaban J connectivity index is -0.000000173. The number of hydrogen-bond acceptors (Lipinski definition) is 0. The van der Waals surface area contributed by atoms with Gasteiger partial charge in [0, 0.05) is 0 Å². The molecular weight excluding hydrogens is 439 g/mol. The third kappa shape index (κ3) is 29.6. The van der Waals surface area contributed by atoms with E-state index >= 15 is 0 Å². The quantitative estimate of drug-likeness (QED) is 0.169. The van der Waals surface area contributed by atoms with Gasteiger partial charge in [-0.05, 0) is 34.6 Å². The van der Waals surface area contributed by atoms with Gasteiger partial charge in [0.25, 0.3) is 0 Å². The Morgan fingerprint density at radius 3 is 1.09 bits per heavy atom. The van der Waals surface area contributed by atoms with Gasteiger partial charge in [0.2, 0.25) is 6.33 Å². The first-order valence-corrected chi connectivity index (χ1v) is 11.4. The van der Waals surface area contributed by atoms with E-state index in [9.17, 15) is 0 Å². The Morgan fingerprint density at radius 1 is 0.714 bits per heavy atom. The Bertz CT molecular complexity index is 844. The zero-order valence-corrected chi connectivity index (χ0v) is 26.0. The van der Waals surface area contributed by atoms with Gasteiger partial charge in [0.05, 0.1) is 14.1 Å². The number of aryl methyl sites for hydroxylation is 3. The second-order valence-corrected chi connectivity index (χ2v) is 11.2. The van der Waals surface area contributed by atoms with Crippen LogP contribution >= 0.6 is 0 Å². The Morgan fingerprint density at radius 2 is 1.00 bits per heavy atom. The Hall–Kier alpha value is -2.36. The summed E-state index contributed by atoms with van der Waals surface area (Å²) in [6.07, 6.45) is 22.9. The molecule has 1 aromatic heterocycles. The van der Waals surface area contributed by atoms with E-state index in [0.29, 0.717) is 0 Å². The van der Waals surface area contributed by atoms with Crippen molar-refractivity contribution in [2.45, 2.75) is 83.1 Å². The van der Waals surface area contributed by atoms with Gasteiger partial charge >= 0.3 is 17.4 Å². The fourth-order valence-electron chi connectivity index (χ4n) is 1.39. The van der Waals surface area contributed by atoms with Gasteiger partial charge in [-0.1, -0.05) is 112 Å². The second kappa shape index (κ2) is 18.9. The van der Waals surface area contributed by atoms with E-state index in [0.717, 1.165) is 0 Å². The topological polar surface area (TPSA) is 8.81 Å². The molecule has 0 fully saturated rings. The zero-order chi connectivity index (χ0) is 27.8. The summed E-state index contributed by atoms with van der Waals surface area (Å²) in [5.41, 5.74) is 3.75. The van der Waals surface area contributed by atoms with E-state index in [-0.39, 0.29) is 33.6 Å². The van der Waals surface area contributed by atoms with Crippen molar-refractivity contribution in [1.82, 2.24) is 4.57 Å². The molecule has 0 saturated carbocycles. The van der Waals surface area contributed by atoms with Crippen LogP contribution in [-0.4, -0.2) is 21.9 Å². The first-order valence-electron chi connectivity index (χ1n) is 11.4. The van der Waals surface area contributed by atoms with Gasteiger partial charge in [0.1, 0.15) is 0 Å². The Labute approximate surface area is 230 Å². The van der Waals surface area contributed by atoms with Crippen LogP contribution in [0.3, 0.4) is 0 Å². The fraction of sp³-hybridized carbons (Fsp3) is 0.531. The zero-order valence-electron chi connectivity index (χ0n) is 24.9. The molecule has 0 aliphatic rings. The monoisotopic (exact) mass is 486 g/mol. The van der Waals surface area contributed by atoms with Crippen LogP contribution in [0.4, 0.5) is 0 Å². The minimum Gasteiger partial charge on any atom is -0.693 e. The molecule has 0 amide bonds. The first-order chi connectivity index (χ1) is 15.2. The van der Waals surface area contributed by atoms with Crippen molar-refractivity contribution >= 4 is 17.4 Å². The van der Waals surface area contributed by atoms with Crippen LogP contribution in [0.5, 0.6) is 0 Å². The fourth-order valence-corrected chi connectivity index (χ4v) is 1.39. The third-order valence-corrected chi connectivity index (χ3v) is 3.90. The predicted molar refractivity (Wildman–Crippen MR) is 152 cm³/mol. The molecule has 0 unspecified atom stereocenters. The number of aromatic nitrogens is 2. The molecule has 188 valence electrons. The molecule has 1 aromatic carbocycles. The van der Waals surface area contributed by atoms with E-state index in [1.54, 1.807) is 0 Å². The average molecular weight is 487 g/mol. The van der Waals surface area contributed by atoms with Crippen molar-refractivity contribution < 1.29 is 4.57 Å². The molecule has 3 heteroatoms. The molecule has 0 N–H and O–H groups in total. The normalized spacial score (nSPS) is 9.69. The average Bonchev–Trinajstić information content (AvgIpc) is 2.94. The van der Waals surface area contributed by atoms with Crippen molar-refractivity contribution in [3.63, 3.8) is 0 Å². The van der Waals surface area contributed by atoms with Crippen LogP contribution < -0.4 is 4.57 Å². The summed E-state index contributed by atoms with van der Waals surface area (Å²) in [5, 5.41) is 0. The molecule has 0 saturated heterocycles. The first kappa shape index (κ1) is 39.8.